The number of rotatable bonds is 2. The van der Waals surface area contributed by atoms with E-state index in [2.05, 4.69) is 45.0 Å². The number of benzene rings is 1. The second-order valence-electron chi connectivity index (χ2n) is 6.09. The summed E-state index contributed by atoms with van der Waals surface area (Å²) in [5.41, 5.74) is 2.98. The number of hydrogen-bond acceptors (Lipinski definition) is 1. The highest BCUT2D eigenvalue weighted by molar-refractivity contribution is 5.40. The molecular weight excluding hydrogens is 196 g/mol. The normalized spacial score (nSPS) is 19.2. The Morgan fingerprint density at radius 2 is 1.81 bits per heavy atom. The molecule has 0 aliphatic heterocycles. The van der Waals surface area contributed by atoms with Crippen LogP contribution in [0.5, 0.6) is 0 Å². The maximum absolute atomic E-state index is 9.68. The maximum Gasteiger partial charge on any atom is 0.0528 e. The summed E-state index contributed by atoms with van der Waals surface area (Å²) in [5, 5.41) is 9.68. The molecule has 1 aliphatic rings. The first-order valence-corrected chi connectivity index (χ1v) is 6.20. The average Bonchev–Trinajstić information content (AvgIpc) is 2.16. The average molecular weight is 218 g/mol. The van der Waals surface area contributed by atoms with Gasteiger partial charge in [-0.1, -0.05) is 51.5 Å². The van der Waals surface area contributed by atoms with Gasteiger partial charge in [0.15, 0.2) is 0 Å². The lowest BCUT2D eigenvalue weighted by molar-refractivity contribution is 0.118. The molecule has 0 unspecified atom stereocenters. The zero-order chi connectivity index (χ0) is 11.8. The fourth-order valence-corrected chi connectivity index (χ4v) is 2.72. The molecule has 1 heteroatoms. The molecule has 0 spiro atoms. The van der Waals surface area contributed by atoms with Gasteiger partial charge in [0, 0.05) is 5.41 Å². The van der Waals surface area contributed by atoms with Gasteiger partial charge in [-0.25, -0.2) is 0 Å². The van der Waals surface area contributed by atoms with E-state index in [1.165, 1.54) is 17.5 Å². The molecule has 0 atom stereocenters. The van der Waals surface area contributed by atoms with E-state index in [4.69, 9.17) is 0 Å². The highest BCUT2D eigenvalue weighted by Crippen LogP contribution is 2.46. The molecule has 1 N–H and O–H groups in total. The van der Waals surface area contributed by atoms with E-state index in [1.54, 1.807) is 0 Å². The SMILES string of the molecule is CC(C)(C)c1ccccc1C1(CO)CCC1. The first kappa shape index (κ1) is 11.7. The van der Waals surface area contributed by atoms with E-state index >= 15 is 0 Å². The third-order valence-corrected chi connectivity index (χ3v) is 3.92. The number of hydrogen-bond donors (Lipinski definition) is 1. The van der Waals surface area contributed by atoms with Crippen molar-refractivity contribution in [3.05, 3.63) is 35.4 Å². The molecule has 1 aromatic carbocycles. The van der Waals surface area contributed by atoms with Gasteiger partial charge in [-0.15, -0.1) is 0 Å². The van der Waals surface area contributed by atoms with Gasteiger partial charge in [-0.2, -0.15) is 0 Å². The molecule has 0 radical (unpaired) electrons. The second-order valence-corrected chi connectivity index (χ2v) is 6.09. The van der Waals surface area contributed by atoms with Crippen molar-refractivity contribution in [3.8, 4) is 0 Å². The second kappa shape index (κ2) is 3.89. The van der Waals surface area contributed by atoms with Crippen LogP contribution in [0.2, 0.25) is 0 Å². The molecule has 1 aromatic rings. The summed E-state index contributed by atoms with van der Waals surface area (Å²) in [7, 11) is 0. The molecule has 0 bridgehead atoms. The predicted octanol–water partition coefficient (Wildman–Crippen LogP) is 3.40. The lowest BCUT2D eigenvalue weighted by Gasteiger charge is -2.43. The van der Waals surface area contributed by atoms with Gasteiger partial charge in [0.25, 0.3) is 0 Å². The van der Waals surface area contributed by atoms with Crippen molar-refractivity contribution in [1.29, 1.82) is 0 Å². The molecule has 1 nitrogen and oxygen atoms in total. The Hall–Kier alpha value is -0.820. The molecule has 0 amide bonds. The summed E-state index contributed by atoms with van der Waals surface area (Å²) in [6, 6.07) is 8.62. The molecule has 1 saturated carbocycles. The van der Waals surface area contributed by atoms with Crippen LogP contribution in [-0.2, 0) is 10.8 Å². The van der Waals surface area contributed by atoms with Gasteiger partial charge in [0.1, 0.15) is 0 Å². The Morgan fingerprint density at radius 3 is 2.25 bits per heavy atom. The summed E-state index contributed by atoms with van der Waals surface area (Å²) < 4.78 is 0. The van der Waals surface area contributed by atoms with Crippen LogP contribution in [0.25, 0.3) is 0 Å². The Kier molecular flexibility index (Phi) is 2.83. The standard InChI is InChI=1S/C15H22O/c1-14(2,3)12-7-4-5-8-13(12)15(11-16)9-6-10-15/h4-5,7-8,16H,6,9-11H2,1-3H3. The Labute approximate surface area is 98.5 Å². The zero-order valence-corrected chi connectivity index (χ0v) is 10.6. The van der Waals surface area contributed by atoms with Crippen LogP contribution in [0.3, 0.4) is 0 Å². The van der Waals surface area contributed by atoms with Crippen molar-refractivity contribution in [1.82, 2.24) is 0 Å². The van der Waals surface area contributed by atoms with Gasteiger partial charge < -0.3 is 5.11 Å². The molecule has 1 fully saturated rings. The van der Waals surface area contributed by atoms with Crippen LogP contribution in [0.4, 0.5) is 0 Å². The summed E-state index contributed by atoms with van der Waals surface area (Å²) in [6.07, 6.45) is 3.52. The Bertz CT molecular complexity index is 364. The molecule has 2 rings (SSSR count). The minimum absolute atomic E-state index is 0.0594. The molecule has 0 aromatic heterocycles. The fraction of sp³-hybridized carbons (Fsp3) is 0.600. The van der Waals surface area contributed by atoms with Gasteiger partial charge >= 0.3 is 0 Å². The van der Waals surface area contributed by atoms with Crippen LogP contribution >= 0.6 is 0 Å². The summed E-state index contributed by atoms with van der Waals surface area (Å²) >= 11 is 0. The van der Waals surface area contributed by atoms with Gasteiger partial charge in [-0.05, 0) is 29.4 Å². The number of aliphatic hydroxyl groups is 1. The van der Waals surface area contributed by atoms with Crippen LogP contribution in [0.1, 0.15) is 51.2 Å². The van der Waals surface area contributed by atoms with Crippen molar-refractivity contribution in [2.45, 2.75) is 50.9 Å². The van der Waals surface area contributed by atoms with Crippen LogP contribution in [-0.4, -0.2) is 11.7 Å². The lowest BCUT2D eigenvalue weighted by atomic mass is 9.62. The van der Waals surface area contributed by atoms with E-state index in [9.17, 15) is 5.11 Å². The van der Waals surface area contributed by atoms with Crippen LogP contribution < -0.4 is 0 Å². The summed E-state index contributed by atoms with van der Waals surface area (Å²) in [4.78, 5) is 0. The van der Waals surface area contributed by atoms with Crippen molar-refractivity contribution in [2.75, 3.05) is 6.61 Å². The topological polar surface area (TPSA) is 20.2 Å². The van der Waals surface area contributed by atoms with E-state index in [0.29, 0.717) is 6.61 Å². The zero-order valence-electron chi connectivity index (χ0n) is 10.6. The van der Waals surface area contributed by atoms with Gasteiger partial charge in [-0.3, -0.25) is 0 Å². The van der Waals surface area contributed by atoms with E-state index in [0.717, 1.165) is 12.8 Å². The van der Waals surface area contributed by atoms with Crippen molar-refractivity contribution >= 4 is 0 Å². The first-order valence-electron chi connectivity index (χ1n) is 6.20. The molecule has 88 valence electrons. The molecule has 0 heterocycles. The molecule has 1 aliphatic carbocycles. The minimum Gasteiger partial charge on any atom is -0.395 e. The fourth-order valence-electron chi connectivity index (χ4n) is 2.72. The van der Waals surface area contributed by atoms with Crippen LogP contribution in [0.15, 0.2) is 24.3 Å². The first-order chi connectivity index (χ1) is 7.49. The highest BCUT2D eigenvalue weighted by atomic mass is 16.3. The quantitative estimate of drug-likeness (QED) is 0.806. The lowest BCUT2D eigenvalue weighted by Crippen LogP contribution is -2.40. The third kappa shape index (κ3) is 1.78. The van der Waals surface area contributed by atoms with Crippen molar-refractivity contribution < 1.29 is 5.11 Å². The monoisotopic (exact) mass is 218 g/mol. The predicted molar refractivity (Wildman–Crippen MR) is 67.8 cm³/mol. The highest BCUT2D eigenvalue weighted by Gasteiger charge is 2.40. The van der Waals surface area contributed by atoms with Crippen LogP contribution in [0, 0.1) is 0 Å². The summed E-state index contributed by atoms with van der Waals surface area (Å²) in [6.45, 7) is 7.03. The molecule has 0 saturated heterocycles. The maximum atomic E-state index is 9.68. The number of aliphatic hydroxyl groups excluding tert-OH is 1. The van der Waals surface area contributed by atoms with E-state index in [1.807, 2.05) is 0 Å². The van der Waals surface area contributed by atoms with Gasteiger partial charge in [0.05, 0.1) is 6.61 Å². The third-order valence-electron chi connectivity index (χ3n) is 3.92. The Balaban J connectivity index is 2.48. The largest absolute Gasteiger partial charge is 0.395 e. The Morgan fingerprint density at radius 1 is 1.19 bits per heavy atom. The van der Waals surface area contributed by atoms with E-state index in [-0.39, 0.29) is 10.8 Å². The van der Waals surface area contributed by atoms with E-state index < -0.39 is 0 Å². The summed E-state index contributed by atoms with van der Waals surface area (Å²) in [5.74, 6) is 0. The van der Waals surface area contributed by atoms with Gasteiger partial charge in [0.2, 0.25) is 0 Å². The smallest absolute Gasteiger partial charge is 0.0528 e. The molecular formula is C15H22O. The van der Waals surface area contributed by atoms with Crippen molar-refractivity contribution in [3.63, 3.8) is 0 Å². The molecule has 16 heavy (non-hydrogen) atoms. The minimum atomic E-state index is 0.0594. The van der Waals surface area contributed by atoms with Crippen molar-refractivity contribution in [2.24, 2.45) is 0 Å².